The number of aliphatic hydroxyl groups excluding tert-OH is 1. The van der Waals surface area contributed by atoms with E-state index in [0.717, 1.165) is 61.7 Å². The molecule has 0 radical (unpaired) electrons. The maximum Gasteiger partial charge on any atom is 0.178 e. The average Bonchev–Trinajstić information content (AvgIpc) is 3.75. The molecule has 3 aliphatic rings. The monoisotopic (exact) mass is 694 g/mol. The normalized spacial score (nSPS) is 29.6. The summed E-state index contributed by atoms with van der Waals surface area (Å²) in [6, 6.07) is 7.04. The molecule has 3 heterocycles. The van der Waals surface area contributed by atoms with Crippen molar-refractivity contribution in [2.24, 2.45) is 23.7 Å². The second kappa shape index (κ2) is 17.6. The second-order valence-electron chi connectivity index (χ2n) is 14.6. The zero-order chi connectivity index (χ0) is 34.3. The Labute approximate surface area is 289 Å². The highest BCUT2D eigenvalue weighted by Gasteiger charge is 2.45. The number of rotatable bonds is 18. The summed E-state index contributed by atoms with van der Waals surface area (Å²) in [7, 11) is -3.53. The first-order valence-corrected chi connectivity index (χ1v) is 19.9. The number of halogens is 1. The highest BCUT2D eigenvalue weighted by molar-refractivity contribution is 7.91. The molecule has 0 unspecified atom stereocenters. The van der Waals surface area contributed by atoms with Crippen LogP contribution in [0.4, 0.5) is 0 Å². The van der Waals surface area contributed by atoms with Crippen molar-refractivity contribution in [3.05, 3.63) is 54.1 Å². The van der Waals surface area contributed by atoms with Crippen molar-refractivity contribution < 1.29 is 32.5 Å². The molecule has 3 fully saturated rings. The Morgan fingerprint density at radius 2 is 1.72 bits per heavy atom. The molecule has 0 aromatic heterocycles. The molecule has 1 aromatic carbocycles. The Kier molecular flexibility index (Phi) is 14.4. The number of aliphatic hydroxyl groups is 1. The van der Waals surface area contributed by atoms with Crippen LogP contribution in [0.25, 0.3) is 0 Å². The lowest BCUT2D eigenvalue weighted by atomic mass is 9.83. The van der Waals surface area contributed by atoms with Crippen LogP contribution in [0.15, 0.2) is 53.5 Å². The molecule has 3 saturated heterocycles. The van der Waals surface area contributed by atoms with Crippen LogP contribution in [0.1, 0.15) is 91.0 Å². The molecule has 47 heavy (non-hydrogen) atoms. The molecule has 0 amide bonds. The number of hydrogen-bond donors (Lipinski definition) is 1. The number of hydrogen-bond acceptors (Lipinski definition) is 7. The van der Waals surface area contributed by atoms with Gasteiger partial charge < -0.3 is 24.1 Å². The van der Waals surface area contributed by atoms with Gasteiger partial charge in [0, 0.05) is 24.1 Å². The van der Waals surface area contributed by atoms with Gasteiger partial charge in [-0.25, -0.2) is 8.42 Å². The quantitative estimate of drug-likeness (QED) is 0.124. The van der Waals surface area contributed by atoms with Crippen LogP contribution in [0, 0.1) is 30.6 Å². The molecule has 9 heteroatoms. The van der Waals surface area contributed by atoms with Crippen LogP contribution < -0.4 is 0 Å². The molecule has 1 N–H and O–H groups in total. The SMILES string of the molecule is C=C([C@H](C)C[C@@H](Cl)CC[C@@H]1O[C@@H](CCC2OCCO2)CC1=C)[C@H](O)C[C@@H]1O[C@H](C[C@H](C)CC)[C@H](C)[C@H]1CS(=O)(=O)c1ccc(C)cc1. The van der Waals surface area contributed by atoms with E-state index >= 15 is 0 Å². The summed E-state index contributed by atoms with van der Waals surface area (Å²) < 4.78 is 51.0. The van der Waals surface area contributed by atoms with Gasteiger partial charge in [-0.2, -0.15) is 0 Å². The van der Waals surface area contributed by atoms with E-state index in [0.29, 0.717) is 36.9 Å². The van der Waals surface area contributed by atoms with Crippen molar-refractivity contribution in [1.29, 1.82) is 0 Å². The van der Waals surface area contributed by atoms with Gasteiger partial charge in [0.05, 0.1) is 54.4 Å². The Balaban J connectivity index is 1.29. The Morgan fingerprint density at radius 1 is 1.04 bits per heavy atom. The van der Waals surface area contributed by atoms with Crippen LogP contribution in [0.2, 0.25) is 0 Å². The predicted octanol–water partition coefficient (Wildman–Crippen LogP) is 7.81. The minimum atomic E-state index is -3.53. The molecule has 266 valence electrons. The first-order chi connectivity index (χ1) is 22.3. The maximum absolute atomic E-state index is 13.5. The molecule has 10 atom stereocenters. The van der Waals surface area contributed by atoms with Gasteiger partial charge in [-0.15, -0.1) is 11.6 Å². The third-order valence-electron chi connectivity index (χ3n) is 10.8. The zero-order valence-corrected chi connectivity index (χ0v) is 30.8. The molecule has 0 spiro atoms. The summed E-state index contributed by atoms with van der Waals surface area (Å²) in [6.07, 6.45) is 5.87. The van der Waals surface area contributed by atoms with Crippen LogP contribution in [0.5, 0.6) is 0 Å². The minimum absolute atomic E-state index is 0.00503. The lowest BCUT2D eigenvalue weighted by Crippen LogP contribution is -2.32. The minimum Gasteiger partial charge on any atom is -0.389 e. The van der Waals surface area contributed by atoms with Crippen LogP contribution in [0.3, 0.4) is 0 Å². The lowest BCUT2D eigenvalue weighted by molar-refractivity contribution is -0.0585. The van der Waals surface area contributed by atoms with Gasteiger partial charge in [0.15, 0.2) is 16.1 Å². The molecule has 3 aliphatic heterocycles. The van der Waals surface area contributed by atoms with Crippen molar-refractivity contribution >= 4 is 21.4 Å². The summed E-state index contributed by atoms with van der Waals surface area (Å²) in [5.74, 6) is 0.277. The Bertz CT molecular complexity index is 1260. The van der Waals surface area contributed by atoms with E-state index in [9.17, 15) is 13.5 Å². The Hall–Kier alpha value is -1.26. The molecular formula is C38H59ClO7S. The van der Waals surface area contributed by atoms with E-state index in [-0.39, 0.29) is 59.6 Å². The highest BCUT2D eigenvalue weighted by Crippen LogP contribution is 2.41. The first kappa shape index (κ1) is 38.5. The smallest absolute Gasteiger partial charge is 0.178 e. The van der Waals surface area contributed by atoms with Crippen LogP contribution in [-0.2, 0) is 28.8 Å². The third-order valence-corrected chi connectivity index (χ3v) is 13.0. The van der Waals surface area contributed by atoms with E-state index < -0.39 is 15.9 Å². The van der Waals surface area contributed by atoms with Gasteiger partial charge in [0.1, 0.15) is 0 Å². The van der Waals surface area contributed by atoms with E-state index in [1.807, 2.05) is 19.1 Å². The maximum atomic E-state index is 13.5. The van der Waals surface area contributed by atoms with Gasteiger partial charge in [0.25, 0.3) is 0 Å². The van der Waals surface area contributed by atoms with Gasteiger partial charge in [0.2, 0.25) is 0 Å². The summed E-state index contributed by atoms with van der Waals surface area (Å²) >= 11 is 6.84. The van der Waals surface area contributed by atoms with Crippen molar-refractivity contribution in [2.75, 3.05) is 19.0 Å². The highest BCUT2D eigenvalue weighted by atomic mass is 35.5. The largest absolute Gasteiger partial charge is 0.389 e. The number of benzene rings is 1. The predicted molar refractivity (Wildman–Crippen MR) is 188 cm³/mol. The van der Waals surface area contributed by atoms with Crippen molar-refractivity contribution in [1.82, 2.24) is 0 Å². The number of ether oxygens (including phenoxy) is 4. The van der Waals surface area contributed by atoms with Crippen LogP contribution >= 0.6 is 11.6 Å². The topological polar surface area (TPSA) is 91.3 Å². The van der Waals surface area contributed by atoms with Gasteiger partial charge in [-0.3, -0.25) is 0 Å². The standard InChI is InChI=1S/C38H59ClO7S/c1-8-24(2)19-36-29(7)33(23-47(41,42)32-13-9-25(3)10-14-32)37(46-36)22-34(40)28(6)26(4)20-30(39)11-15-35-27(5)21-31(45-35)12-16-38-43-17-18-44-38/h9-10,13-14,24,26,29-31,33-38,40H,5-6,8,11-12,15-23H2,1-4,7H3/t24-,26-,29-,30+,31+,33-,34-,35+,36-,37+/m1/s1. The fraction of sp³-hybridized carbons (Fsp3) is 0.737. The fourth-order valence-corrected chi connectivity index (χ4v) is 9.47. The second-order valence-corrected chi connectivity index (χ2v) is 17.2. The number of aryl methyl sites for hydroxylation is 1. The molecular weight excluding hydrogens is 636 g/mol. The van der Waals surface area contributed by atoms with E-state index in [1.165, 1.54) is 0 Å². The summed E-state index contributed by atoms with van der Waals surface area (Å²) in [6.45, 7) is 20.3. The van der Waals surface area contributed by atoms with Crippen LogP contribution in [-0.4, -0.2) is 74.7 Å². The average molecular weight is 695 g/mol. The van der Waals surface area contributed by atoms with Crippen molar-refractivity contribution in [2.45, 2.75) is 139 Å². The molecule has 0 aliphatic carbocycles. The third kappa shape index (κ3) is 10.9. The van der Waals surface area contributed by atoms with E-state index in [4.69, 9.17) is 30.5 Å². The summed E-state index contributed by atoms with van der Waals surface area (Å²) in [5, 5.41) is 11.3. The molecule has 0 saturated carbocycles. The number of sulfone groups is 1. The lowest BCUT2D eigenvalue weighted by Gasteiger charge is -2.27. The number of alkyl halides is 1. The van der Waals surface area contributed by atoms with E-state index in [1.54, 1.807) is 12.1 Å². The molecule has 0 bridgehead atoms. The van der Waals surface area contributed by atoms with E-state index in [2.05, 4.69) is 40.9 Å². The van der Waals surface area contributed by atoms with Crippen molar-refractivity contribution in [3.8, 4) is 0 Å². The Morgan fingerprint density at radius 3 is 2.38 bits per heavy atom. The summed E-state index contributed by atoms with van der Waals surface area (Å²) in [4.78, 5) is 0.335. The fourth-order valence-electron chi connectivity index (χ4n) is 7.31. The van der Waals surface area contributed by atoms with Gasteiger partial charge in [-0.1, -0.05) is 65.0 Å². The summed E-state index contributed by atoms with van der Waals surface area (Å²) in [5.41, 5.74) is 2.86. The van der Waals surface area contributed by atoms with Gasteiger partial charge >= 0.3 is 0 Å². The molecule has 1 aromatic rings. The molecule has 7 nitrogen and oxygen atoms in total. The zero-order valence-electron chi connectivity index (χ0n) is 29.2. The van der Waals surface area contributed by atoms with Gasteiger partial charge in [-0.05, 0) is 86.5 Å². The molecule has 4 rings (SSSR count). The first-order valence-electron chi connectivity index (χ1n) is 17.8. The van der Waals surface area contributed by atoms with Crippen molar-refractivity contribution in [3.63, 3.8) is 0 Å².